The van der Waals surface area contributed by atoms with Crippen LogP contribution in [0.4, 0.5) is 0 Å². The van der Waals surface area contributed by atoms with Crippen molar-refractivity contribution in [1.29, 1.82) is 0 Å². The van der Waals surface area contributed by atoms with Crippen molar-refractivity contribution in [2.45, 2.75) is 19.8 Å². The van der Waals surface area contributed by atoms with Crippen molar-refractivity contribution in [2.75, 3.05) is 0 Å². The molecule has 1 aromatic heterocycles. The molecule has 0 aliphatic heterocycles. The summed E-state index contributed by atoms with van der Waals surface area (Å²) in [4.78, 5) is 14.9. The highest BCUT2D eigenvalue weighted by atomic mass is 35.5. The van der Waals surface area contributed by atoms with E-state index in [1.54, 1.807) is 6.07 Å². The van der Waals surface area contributed by atoms with Gasteiger partial charge in [0.2, 0.25) is 5.91 Å². The summed E-state index contributed by atoms with van der Waals surface area (Å²) in [6.07, 6.45) is 1.77. The van der Waals surface area contributed by atoms with Gasteiger partial charge in [-0.1, -0.05) is 24.9 Å². The number of hydrogen-bond acceptors (Lipinski definition) is 2. The number of halogens is 1. The van der Waals surface area contributed by atoms with Gasteiger partial charge in [-0.25, -0.2) is 4.98 Å². The van der Waals surface area contributed by atoms with E-state index in [2.05, 4.69) is 4.98 Å². The van der Waals surface area contributed by atoms with Crippen LogP contribution in [0.2, 0.25) is 5.15 Å². The highest BCUT2D eigenvalue weighted by molar-refractivity contribution is 6.29. The van der Waals surface area contributed by atoms with E-state index in [1.165, 1.54) is 6.07 Å². The molecule has 0 saturated carbocycles. The van der Waals surface area contributed by atoms with Crippen LogP contribution >= 0.6 is 11.6 Å². The molecular weight excluding hydrogens is 188 g/mol. The Bertz CT molecular complexity index is 325. The number of carbonyl (C=O) groups is 1. The average molecular weight is 199 g/mol. The van der Waals surface area contributed by atoms with Crippen molar-refractivity contribution in [2.24, 2.45) is 5.73 Å². The molecule has 0 bridgehead atoms. The Kier molecular flexibility index (Phi) is 3.25. The molecule has 1 heterocycles. The van der Waals surface area contributed by atoms with Gasteiger partial charge < -0.3 is 5.73 Å². The fourth-order valence-electron chi connectivity index (χ4n) is 1.08. The number of nitrogens with zero attached hydrogens (tertiary/aromatic N) is 1. The second kappa shape index (κ2) is 4.23. The predicted molar refractivity (Wildman–Crippen MR) is 51.8 cm³/mol. The minimum Gasteiger partial charge on any atom is -0.366 e. The lowest BCUT2D eigenvalue weighted by Crippen LogP contribution is -2.11. The lowest BCUT2D eigenvalue weighted by molar-refractivity contribution is 0.1000. The molecule has 0 unspecified atom stereocenters. The number of nitrogens with two attached hydrogens (primary N) is 1. The number of aromatic nitrogens is 1. The van der Waals surface area contributed by atoms with Crippen LogP contribution in [0.3, 0.4) is 0 Å². The Hall–Kier alpha value is -1.09. The van der Waals surface area contributed by atoms with Crippen LogP contribution in [0, 0.1) is 0 Å². The fourth-order valence-corrected chi connectivity index (χ4v) is 1.30. The molecule has 1 rings (SSSR count). The van der Waals surface area contributed by atoms with Gasteiger partial charge in [-0.05, 0) is 18.6 Å². The molecule has 0 aliphatic carbocycles. The van der Waals surface area contributed by atoms with E-state index >= 15 is 0 Å². The van der Waals surface area contributed by atoms with Gasteiger partial charge in [0.1, 0.15) is 5.15 Å². The zero-order valence-corrected chi connectivity index (χ0v) is 8.14. The zero-order chi connectivity index (χ0) is 9.84. The molecule has 0 radical (unpaired) electrons. The smallest absolute Gasteiger partial charge is 0.248 e. The van der Waals surface area contributed by atoms with Crippen molar-refractivity contribution >= 4 is 17.5 Å². The standard InChI is InChI=1S/C9H11ClN2O/c1-2-3-7-4-6(9(11)13)5-8(10)12-7/h4-5H,2-3H2,1H3,(H2,11,13). The fraction of sp³-hybridized carbons (Fsp3) is 0.333. The van der Waals surface area contributed by atoms with Gasteiger partial charge in [-0.2, -0.15) is 0 Å². The first-order valence-corrected chi connectivity index (χ1v) is 4.47. The van der Waals surface area contributed by atoms with Crippen LogP contribution in [0.5, 0.6) is 0 Å². The van der Waals surface area contributed by atoms with Crippen LogP contribution in [-0.4, -0.2) is 10.9 Å². The summed E-state index contributed by atoms with van der Waals surface area (Å²) in [5, 5.41) is 0.319. The van der Waals surface area contributed by atoms with Crippen LogP contribution in [0.15, 0.2) is 12.1 Å². The van der Waals surface area contributed by atoms with Crippen LogP contribution < -0.4 is 5.73 Å². The molecule has 1 aromatic rings. The predicted octanol–water partition coefficient (Wildman–Crippen LogP) is 1.79. The Labute approximate surface area is 81.9 Å². The number of pyridine rings is 1. The Morgan fingerprint density at radius 1 is 1.62 bits per heavy atom. The topological polar surface area (TPSA) is 56.0 Å². The van der Waals surface area contributed by atoms with Gasteiger partial charge >= 0.3 is 0 Å². The van der Waals surface area contributed by atoms with Crippen molar-refractivity contribution in [3.8, 4) is 0 Å². The van der Waals surface area contributed by atoms with Crippen LogP contribution in [0.1, 0.15) is 29.4 Å². The molecule has 0 spiro atoms. The quantitative estimate of drug-likeness (QED) is 0.753. The molecule has 0 aliphatic rings. The lowest BCUT2D eigenvalue weighted by Gasteiger charge is -2.01. The average Bonchev–Trinajstić information content (AvgIpc) is 2.03. The molecule has 0 saturated heterocycles. The first-order chi connectivity index (χ1) is 6.13. The number of amides is 1. The van der Waals surface area contributed by atoms with Crippen molar-refractivity contribution < 1.29 is 4.79 Å². The number of aryl methyl sites for hydroxylation is 1. The van der Waals surface area contributed by atoms with Crippen LogP contribution in [0.25, 0.3) is 0 Å². The van der Waals surface area contributed by atoms with Crippen molar-refractivity contribution in [1.82, 2.24) is 4.98 Å². The molecule has 70 valence electrons. The maximum atomic E-state index is 10.8. The number of carbonyl (C=O) groups excluding carboxylic acids is 1. The summed E-state index contributed by atoms with van der Waals surface area (Å²) >= 11 is 5.71. The Balaban J connectivity index is 3.03. The third-order valence-electron chi connectivity index (χ3n) is 1.64. The SMILES string of the molecule is CCCc1cc(C(N)=O)cc(Cl)n1. The molecule has 3 nitrogen and oxygen atoms in total. The van der Waals surface area contributed by atoms with E-state index in [9.17, 15) is 4.79 Å². The summed E-state index contributed by atoms with van der Waals surface area (Å²) in [6, 6.07) is 3.15. The summed E-state index contributed by atoms with van der Waals surface area (Å²) in [7, 11) is 0. The first-order valence-electron chi connectivity index (χ1n) is 4.09. The van der Waals surface area contributed by atoms with E-state index in [-0.39, 0.29) is 0 Å². The Morgan fingerprint density at radius 3 is 2.85 bits per heavy atom. The van der Waals surface area contributed by atoms with Gasteiger partial charge in [0.05, 0.1) is 0 Å². The molecule has 0 atom stereocenters. The second-order valence-corrected chi connectivity index (χ2v) is 3.17. The van der Waals surface area contributed by atoms with E-state index in [1.807, 2.05) is 6.92 Å². The summed E-state index contributed by atoms with van der Waals surface area (Å²) in [6.45, 7) is 2.03. The molecule has 13 heavy (non-hydrogen) atoms. The maximum absolute atomic E-state index is 10.8. The molecule has 1 amide bonds. The second-order valence-electron chi connectivity index (χ2n) is 2.78. The molecule has 2 N–H and O–H groups in total. The third kappa shape index (κ3) is 2.70. The maximum Gasteiger partial charge on any atom is 0.248 e. The van der Waals surface area contributed by atoms with Gasteiger partial charge in [-0.15, -0.1) is 0 Å². The lowest BCUT2D eigenvalue weighted by atomic mass is 10.1. The minimum atomic E-state index is -0.471. The highest BCUT2D eigenvalue weighted by Gasteiger charge is 2.04. The normalized spacial score (nSPS) is 10.0. The van der Waals surface area contributed by atoms with E-state index < -0.39 is 5.91 Å². The largest absolute Gasteiger partial charge is 0.366 e. The highest BCUT2D eigenvalue weighted by Crippen LogP contribution is 2.11. The minimum absolute atomic E-state index is 0.319. The van der Waals surface area contributed by atoms with E-state index in [0.717, 1.165) is 18.5 Å². The third-order valence-corrected chi connectivity index (χ3v) is 1.83. The van der Waals surface area contributed by atoms with Crippen molar-refractivity contribution in [3.63, 3.8) is 0 Å². The number of primary amides is 1. The van der Waals surface area contributed by atoms with Gasteiger partial charge in [0.25, 0.3) is 0 Å². The zero-order valence-electron chi connectivity index (χ0n) is 7.38. The van der Waals surface area contributed by atoms with E-state index in [0.29, 0.717) is 10.7 Å². The summed E-state index contributed by atoms with van der Waals surface area (Å²) in [5.74, 6) is -0.471. The van der Waals surface area contributed by atoms with Crippen molar-refractivity contribution in [3.05, 3.63) is 28.5 Å². The Morgan fingerprint density at radius 2 is 2.31 bits per heavy atom. The molecule has 0 fully saturated rings. The molecular formula is C9H11ClN2O. The monoisotopic (exact) mass is 198 g/mol. The van der Waals surface area contributed by atoms with Gasteiger partial charge in [0, 0.05) is 11.3 Å². The number of rotatable bonds is 3. The number of hydrogen-bond donors (Lipinski definition) is 1. The molecule has 0 aromatic carbocycles. The molecule has 4 heteroatoms. The van der Waals surface area contributed by atoms with Crippen LogP contribution in [-0.2, 0) is 6.42 Å². The summed E-state index contributed by atoms with van der Waals surface area (Å²) in [5.41, 5.74) is 6.35. The van der Waals surface area contributed by atoms with Gasteiger partial charge in [0.15, 0.2) is 0 Å². The van der Waals surface area contributed by atoms with Gasteiger partial charge in [-0.3, -0.25) is 4.79 Å². The summed E-state index contributed by atoms with van der Waals surface area (Å²) < 4.78 is 0. The van der Waals surface area contributed by atoms with E-state index in [4.69, 9.17) is 17.3 Å². The first kappa shape index (κ1) is 9.99.